The van der Waals surface area contributed by atoms with E-state index in [9.17, 15) is 4.79 Å². The monoisotopic (exact) mass is 436 g/mol. The van der Waals surface area contributed by atoms with E-state index in [0.717, 1.165) is 38.4 Å². The van der Waals surface area contributed by atoms with E-state index in [2.05, 4.69) is 57.1 Å². The standard InChI is InChI=1S/C20H25IN2O/c21-18-5-3-17(4-6-18)20(9-10-20)23-11-7-15(8-12-23)13-19(24)22-14-16-1-2-16/h3-6,13,16H,1-2,7-12,14H2,(H,22,24). The number of benzene rings is 1. The van der Waals surface area contributed by atoms with Crippen molar-refractivity contribution in [3.63, 3.8) is 0 Å². The van der Waals surface area contributed by atoms with Crippen LogP contribution in [0, 0.1) is 9.49 Å². The van der Waals surface area contributed by atoms with Crippen molar-refractivity contribution in [1.29, 1.82) is 0 Å². The molecule has 128 valence electrons. The molecule has 1 amide bonds. The third kappa shape index (κ3) is 3.69. The van der Waals surface area contributed by atoms with Gasteiger partial charge in [-0.2, -0.15) is 0 Å². The van der Waals surface area contributed by atoms with Crippen molar-refractivity contribution in [2.75, 3.05) is 19.6 Å². The number of piperidine rings is 1. The first-order chi connectivity index (χ1) is 11.7. The van der Waals surface area contributed by atoms with E-state index in [1.165, 1.54) is 40.4 Å². The predicted octanol–water partition coefficient (Wildman–Crippen LogP) is 3.83. The summed E-state index contributed by atoms with van der Waals surface area (Å²) >= 11 is 2.37. The summed E-state index contributed by atoms with van der Waals surface area (Å²) < 4.78 is 1.30. The van der Waals surface area contributed by atoms with Gasteiger partial charge in [0.25, 0.3) is 0 Å². The Hall–Kier alpha value is -0.880. The Morgan fingerprint density at radius 2 is 1.88 bits per heavy atom. The maximum Gasteiger partial charge on any atom is 0.243 e. The lowest BCUT2D eigenvalue weighted by molar-refractivity contribution is -0.116. The summed E-state index contributed by atoms with van der Waals surface area (Å²) in [6.07, 6.45) is 9.04. The minimum absolute atomic E-state index is 0.115. The number of carbonyl (C=O) groups is 1. The number of hydrogen-bond donors (Lipinski definition) is 1. The molecule has 4 rings (SSSR count). The Morgan fingerprint density at radius 1 is 1.21 bits per heavy atom. The molecule has 0 radical (unpaired) electrons. The van der Waals surface area contributed by atoms with E-state index in [-0.39, 0.29) is 11.4 Å². The SMILES string of the molecule is O=C(C=C1CCN(C2(c3ccc(I)cc3)CC2)CC1)NCC1CC1. The maximum absolute atomic E-state index is 12.0. The Labute approximate surface area is 158 Å². The number of hydrogen-bond acceptors (Lipinski definition) is 2. The predicted molar refractivity (Wildman–Crippen MR) is 105 cm³/mol. The van der Waals surface area contributed by atoms with Crippen LogP contribution in [0.4, 0.5) is 0 Å². The quantitative estimate of drug-likeness (QED) is 0.562. The first-order valence-corrected chi connectivity index (χ1v) is 10.2. The van der Waals surface area contributed by atoms with Crippen LogP contribution in [0.15, 0.2) is 35.9 Å². The van der Waals surface area contributed by atoms with Gasteiger partial charge in [-0.15, -0.1) is 0 Å². The second-order valence-corrected chi connectivity index (χ2v) is 8.76. The van der Waals surface area contributed by atoms with Gasteiger partial charge in [-0.05, 0) is 84.7 Å². The lowest BCUT2D eigenvalue weighted by Gasteiger charge is -2.36. The Morgan fingerprint density at radius 3 is 2.46 bits per heavy atom. The van der Waals surface area contributed by atoms with Crippen molar-refractivity contribution in [2.45, 2.75) is 44.1 Å². The Balaban J connectivity index is 1.34. The topological polar surface area (TPSA) is 32.3 Å². The van der Waals surface area contributed by atoms with Crippen molar-refractivity contribution in [2.24, 2.45) is 5.92 Å². The van der Waals surface area contributed by atoms with E-state index < -0.39 is 0 Å². The van der Waals surface area contributed by atoms with E-state index in [1.54, 1.807) is 0 Å². The molecular weight excluding hydrogens is 411 g/mol. The molecule has 1 aromatic rings. The van der Waals surface area contributed by atoms with Crippen molar-refractivity contribution < 1.29 is 4.79 Å². The van der Waals surface area contributed by atoms with Crippen LogP contribution in [0.5, 0.6) is 0 Å². The smallest absolute Gasteiger partial charge is 0.243 e. The van der Waals surface area contributed by atoms with E-state index in [1.807, 2.05) is 6.08 Å². The number of halogens is 1. The zero-order chi connectivity index (χ0) is 16.6. The van der Waals surface area contributed by atoms with Crippen LogP contribution in [0.3, 0.4) is 0 Å². The summed E-state index contributed by atoms with van der Waals surface area (Å²) in [5.41, 5.74) is 3.07. The molecule has 1 heterocycles. The van der Waals surface area contributed by atoms with Gasteiger partial charge < -0.3 is 5.32 Å². The Kier molecular flexibility index (Phi) is 4.69. The molecule has 1 aliphatic heterocycles. The van der Waals surface area contributed by atoms with Crippen molar-refractivity contribution >= 4 is 28.5 Å². The first kappa shape index (κ1) is 16.6. The zero-order valence-corrected chi connectivity index (χ0v) is 16.2. The summed E-state index contributed by atoms with van der Waals surface area (Å²) in [6.45, 7) is 3.02. The van der Waals surface area contributed by atoms with E-state index in [4.69, 9.17) is 0 Å². The number of carbonyl (C=O) groups excluding carboxylic acids is 1. The molecular formula is C20H25IN2O. The van der Waals surface area contributed by atoms with Gasteiger partial charge in [0.05, 0.1) is 0 Å². The molecule has 24 heavy (non-hydrogen) atoms. The molecule has 1 aromatic carbocycles. The Bertz CT molecular complexity index is 634. The first-order valence-electron chi connectivity index (χ1n) is 9.14. The van der Waals surface area contributed by atoms with Gasteiger partial charge in [0.2, 0.25) is 5.91 Å². The van der Waals surface area contributed by atoms with Crippen LogP contribution in [0.2, 0.25) is 0 Å². The van der Waals surface area contributed by atoms with Gasteiger partial charge >= 0.3 is 0 Å². The molecule has 3 nitrogen and oxygen atoms in total. The third-order valence-electron chi connectivity index (χ3n) is 5.71. The van der Waals surface area contributed by atoms with Crippen LogP contribution in [-0.4, -0.2) is 30.4 Å². The van der Waals surface area contributed by atoms with Crippen LogP contribution in [-0.2, 0) is 10.3 Å². The number of nitrogens with one attached hydrogen (secondary N) is 1. The fourth-order valence-electron chi connectivity index (χ4n) is 3.84. The van der Waals surface area contributed by atoms with Crippen LogP contribution < -0.4 is 5.32 Å². The zero-order valence-electron chi connectivity index (χ0n) is 14.1. The minimum atomic E-state index is 0.115. The molecule has 2 aliphatic carbocycles. The number of likely N-dealkylation sites (tertiary alicyclic amines) is 1. The van der Waals surface area contributed by atoms with Gasteiger partial charge in [0.1, 0.15) is 0 Å². The number of rotatable bonds is 5. The number of amides is 1. The molecule has 3 aliphatic rings. The summed E-state index contributed by atoms with van der Waals surface area (Å²) in [5.74, 6) is 0.863. The lowest BCUT2D eigenvalue weighted by Crippen LogP contribution is -2.40. The molecule has 0 spiro atoms. The maximum atomic E-state index is 12.0. The third-order valence-corrected chi connectivity index (χ3v) is 6.43. The van der Waals surface area contributed by atoms with Crippen molar-refractivity contribution in [1.82, 2.24) is 10.2 Å². The minimum Gasteiger partial charge on any atom is -0.352 e. The number of nitrogens with zero attached hydrogens (tertiary/aromatic N) is 1. The molecule has 0 aromatic heterocycles. The van der Waals surface area contributed by atoms with Crippen LogP contribution in [0.25, 0.3) is 0 Å². The second-order valence-electron chi connectivity index (χ2n) is 7.52. The fraction of sp³-hybridized carbons (Fsp3) is 0.550. The summed E-state index contributed by atoms with van der Waals surface area (Å²) in [7, 11) is 0. The van der Waals surface area contributed by atoms with Crippen LogP contribution in [0.1, 0.15) is 44.1 Å². The van der Waals surface area contributed by atoms with Crippen molar-refractivity contribution in [3.05, 3.63) is 45.0 Å². The molecule has 1 saturated heterocycles. The van der Waals surface area contributed by atoms with Crippen molar-refractivity contribution in [3.8, 4) is 0 Å². The molecule has 3 fully saturated rings. The second kappa shape index (κ2) is 6.79. The van der Waals surface area contributed by atoms with Gasteiger partial charge in [0, 0.05) is 34.8 Å². The fourth-order valence-corrected chi connectivity index (χ4v) is 4.20. The highest BCUT2D eigenvalue weighted by atomic mass is 127. The molecule has 2 saturated carbocycles. The van der Waals surface area contributed by atoms with E-state index >= 15 is 0 Å². The normalized spacial score (nSPS) is 23.0. The average Bonchev–Trinajstić information content (AvgIpc) is 3.48. The summed E-state index contributed by atoms with van der Waals surface area (Å²) in [4.78, 5) is 14.6. The molecule has 4 heteroatoms. The van der Waals surface area contributed by atoms with Gasteiger partial charge in [-0.25, -0.2) is 0 Å². The largest absolute Gasteiger partial charge is 0.352 e. The average molecular weight is 436 g/mol. The van der Waals surface area contributed by atoms with Crippen LogP contribution >= 0.6 is 22.6 Å². The van der Waals surface area contributed by atoms with Gasteiger partial charge in [-0.1, -0.05) is 17.7 Å². The molecule has 0 bridgehead atoms. The van der Waals surface area contributed by atoms with Gasteiger partial charge in [0.15, 0.2) is 0 Å². The molecule has 0 atom stereocenters. The molecule has 1 N–H and O–H groups in total. The lowest BCUT2D eigenvalue weighted by atomic mass is 9.97. The van der Waals surface area contributed by atoms with Gasteiger partial charge in [-0.3, -0.25) is 9.69 Å². The highest BCUT2D eigenvalue weighted by Crippen LogP contribution is 2.52. The summed E-state index contributed by atoms with van der Waals surface area (Å²) in [5, 5.41) is 3.05. The summed E-state index contributed by atoms with van der Waals surface area (Å²) in [6, 6.07) is 9.03. The highest BCUT2D eigenvalue weighted by molar-refractivity contribution is 14.1. The van der Waals surface area contributed by atoms with E-state index in [0.29, 0.717) is 0 Å². The highest BCUT2D eigenvalue weighted by Gasteiger charge is 2.49. The molecule has 0 unspecified atom stereocenters.